The number of ether oxygens (including phenoxy) is 3. The van der Waals surface area contributed by atoms with Crippen LogP contribution < -0.4 is 10.4 Å². The van der Waals surface area contributed by atoms with Gasteiger partial charge in [-0.05, 0) is 32.0 Å². The van der Waals surface area contributed by atoms with Gasteiger partial charge in [-0.1, -0.05) is 0 Å². The fraction of sp³-hybridized carbons (Fsp3) is 0.389. The van der Waals surface area contributed by atoms with Crippen molar-refractivity contribution in [1.29, 1.82) is 0 Å². The third kappa shape index (κ3) is 4.37. The van der Waals surface area contributed by atoms with Crippen molar-refractivity contribution in [2.24, 2.45) is 5.92 Å². The highest BCUT2D eigenvalue weighted by Gasteiger charge is 2.31. The highest BCUT2D eigenvalue weighted by Crippen LogP contribution is 2.21. The van der Waals surface area contributed by atoms with E-state index in [1.54, 1.807) is 38.1 Å². The zero-order chi connectivity index (χ0) is 18.4. The monoisotopic (exact) mass is 348 g/mol. The SMILES string of the molecule is CCOC(=O)C(Cc1cc2ccc(OC)cc2oc1=O)C(=O)OCC. The number of hydrogen-bond donors (Lipinski definition) is 0. The van der Waals surface area contributed by atoms with Gasteiger partial charge in [0.25, 0.3) is 0 Å². The van der Waals surface area contributed by atoms with Gasteiger partial charge >= 0.3 is 17.6 Å². The molecule has 1 aromatic heterocycles. The van der Waals surface area contributed by atoms with E-state index in [1.807, 2.05) is 0 Å². The van der Waals surface area contributed by atoms with Gasteiger partial charge in [-0.3, -0.25) is 9.59 Å². The minimum atomic E-state index is -1.21. The van der Waals surface area contributed by atoms with Crippen LogP contribution in [-0.4, -0.2) is 32.3 Å². The molecule has 0 saturated heterocycles. The van der Waals surface area contributed by atoms with Crippen LogP contribution in [-0.2, 0) is 25.5 Å². The van der Waals surface area contributed by atoms with E-state index in [0.717, 1.165) is 0 Å². The van der Waals surface area contributed by atoms with Gasteiger partial charge in [0.1, 0.15) is 11.3 Å². The molecule has 0 aliphatic heterocycles. The molecule has 7 nitrogen and oxygen atoms in total. The Labute approximate surface area is 144 Å². The Morgan fingerprint density at radius 1 is 1.08 bits per heavy atom. The summed E-state index contributed by atoms with van der Waals surface area (Å²) >= 11 is 0. The maximum absolute atomic E-state index is 12.2. The summed E-state index contributed by atoms with van der Waals surface area (Å²) < 4.78 is 20.2. The molecule has 0 atom stereocenters. The van der Waals surface area contributed by atoms with Gasteiger partial charge in [0, 0.05) is 23.4 Å². The average Bonchev–Trinajstić information content (AvgIpc) is 2.59. The number of fused-ring (bicyclic) bond motifs is 1. The first kappa shape index (κ1) is 18.5. The van der Waals surface area contributed by atoms with Crippen LogP contribution >= 0.6 is 0 Å². The number of carbonyl (C=O) groups excluding carboxylic acids is 2. The summed E-state index contributed by atoms with van der Waals surface area (Å²) in [5.41, 5.74) is -0.0694. The minimum absolute atomic E-state index is 0.126. The largest absolute Gasteiger partial charge is 0.497 e. The van der Waals surface area contributed by atoms with Crippen molar-refractivity contribution in [3.63, 3.8) is 0 Å². The predicted octanol–water partition coefficient (Wildman–Crippen LogP) is 2.09. The van der Waals surface area contributed by atoms with E-state index in [-0.39, 0.29) is 25.2 Å². The lowest BCUT2D eigenvalue weighted by Gasteiger charge is -2.14. The fourth-order valence-corrected chi connectivity index (χ4v) is 2.37. The first-order valence-corrected chi connectivity index (χ1v) is 7.94. The molecule has 0 amide bonds. The third-order valence-electron chi connectivity index (χ3n) is 3.58. The van der Waals surface area contributed by atoms with Gasteiger partial charge in [-0.15, -0.1) is 0 Å². The summed E-state index contributed by atoms with van der Waals surface area (Å²) in [6.07, 6.45) is -0.151. The van der Waals surface area contributed by atoms with Gasteiger partial charge in [-0.25, -0.2) is 4.79 Å². The van der Waals surface area contributed by atoms with Gasteiger partial charge in [0.15, 0.2) is 5.92 Å². The van der Waals surface area contributed by atoms with E-state index in [9.17, 15) is 14.4 Å². The normalized spacial score (nSPS) is 10.7. The van der Waals surface area contributed by atoms with Crippen LogP contribution in [0, 0.1) is 5.92 Å². The van der Waals surface area contributed by atoms with E-state index >= 15 is 0 Å². The average molecular weight is 348 g/mol. The van der Waals surface area contributed by atoms with Gasteiger partial charge in [0.2, 0.25) is 0 Å². The summed E-state index contributed by atoms with van der Waals surface area (Å²) in [5.74, 6) is -2.11. The molecule has 0 unspecified atom stereocenters. The van der Waals surface area contributed by atoms with E-state index < -0.39 is 23.5 Å². The quantitative estimate of drug-likeness (QED) is 0.430. The molecule has 0 saturated carbocycles. The molecule has 7 heteroatoms. The standard InChI is InChI=1S/C18H20O7/c1-4-23-17(20)14(18(21)24-5-2)9-12-8-11-6-7-13(22-3)10-15(11)25-16(12)19/h6-8,10,14H,4-5,9H2,1-3H3. The molecule has 2 aromatic rings. The smallest absolute Gasteiger partial charge is 0.339 e. The van der Waals surface area contributed by atoms with Crippen molar-refractivity contribution in [2.75, 3.05) is 20.3 Å². The Balaban J connectivity index is 2.37. The van der Waals surface area contributed by atoms with Crippen LogP contribution in [0.25, 0.3) is 11.0 Å². The van der Waals surface area contributed by atoms with Crippen molar-refractivity contribution in [2.45, 2.75) is 20.3 Å². The first-order valence-electron chi connectivity index (χ1n) is 7.94. The molecule has 2 rings (SSSR count). The number of methoxy groups -OCH3 is 1. The molecule has 0 aliphatic rings. The van der Waals surface area contributed by atoms with Gasteiger partial charge in [0.05, 0.1) is 20.3 Å². The Morgan fingerprint density at radius 2 is 1.72 bits per heavy atom. The Bertz CT molecular complexity index is 804. The molecule has 0 fully saturated rings. The van der Waals surface area contributed by atoms with Crippen LogP contribution in [0.4, 0.5) is 0 Å². The third-order valence-corrected chi connectivity index (χ3v) is 3.58. The molecule has 134 valence electrons. The van der Waals surface area contributed by atoms with E-state index in [2.05, 4.69) is 0 Å². The van der Waals surface area contributed by atoms with Gasteiger partial charge < -0.3 is 18.6 Å². The molecule has 0 spiro atoms. The zero-order valence-electron chi connectivity index (χ0n) is 14.4. The lowest BCUT2D eigenvalue weighted by atomic mass is 10.00. The maximum atomic E-state index is 12.2. The molecule has 0 aliphatic carbocycles. The maximum Gasteiger partial charge on any atom is 0.339 e. The molecule has 25 heavy (non-hydrogen) atoms. The Morgan fingerprint density at radius 3 is 2.28 bits per heavy atom. The van der Waals surface area contributed by atoms with Crippen LogP contribution in [0.15, 0.2) is 33.5 Å². The second-order valence-electron chi connectivity index (χ2n) is 5.22. The number of esters is 2. The summed E-state index contributed by atoms with van der Waals surface area (Å²) in [6, 6.07) is 6.63. The Hall–Kier alpha value is -2.83. The number of rotatable bonds is 7. The second-order valence-corrected chi connectivity index (χ2v) is 5.22. The number of benzene rings is 1. The summed E-state index contributed by atoms with van der Waals surface area (Å²) in [4.78, 5) is 36.3. The second kappa shape index (κ2) is 8.32. The van der Waals surface area contributed by atoms with Crippen molar-refractivity contribution in [1.82, 2.24) is 0 Å². The summed E-state index contributed by atoms with van der Waals surface area (Å²) in [6.45, 7) is 3.53. The molecule has 1 aromatic carbocycles. The van der Waals surface area contributed by atoms with Crippen molar-refractivity contribution in [3.05, 3.63) is 40.2 Å². The first-order chi connectivity index (χ1) is 12.0. The summed E-state index contributed by atoms with van der Waals surface area (Å²) in [5, 5.41) is 0.655. The van der Waals surface area contributed by atoms with Gasteiger partial charge in [-0.2, -0.15) is 0 Å². The Kier molecular flexibility index (Phi) is 6.16. The predicted molar refractivity (Wildman–Crippen MR) is 89.5 cm³/mol. The highest BCUT2D eigenvalue weighted by atomic mass is 16.6. The van der Waals surface area contributed by atoms with E-state index in [4.69, 9.17) is 18.6 Å². The number of carbonyl (C=O) groups is 2. The molecule has 0 N–H and O–H groups in total. The van der Waals surface area contributed by atoms with Crippen molar-refractivity contribution in [3.8, 4) is 5.75 Å². The van der Waals surface area contributed by atoms with Crippen molar-refractivity contribution < 1.29 is 28.2 Å². The highest BCUT2D eigenvalue weighted by molar-refractivity contribution is 5.95. The van der Waals surface area contributed by atoms with Crippen molar-refractivity contribution >= 4 is 22.9 Å². The fourth-order valence-electron chi connectivity index (χ4n) is 2.37. The number of hydrogen-bond acceptors (Lipinski definition) is 7. The molecular weight excluding hydrogens is 328 g/mol. The van der Waals surface area contributed by atoms with E-state index in [1.165, 1.54) is 7.11 Å². The molecule has 1 heterocycles. The molecule has 0 radical (unpaired) electrons. The van der Waals surface area contributed by atoms with Crippen LogP contribution in [0.2, 0.25) is 0 Å². The van der Waals surface area contributed by atoms with E-state index in [0.29, 0.717) is 16.7 Å². The summed E-state index contributed by atoms with van der Waals surface area (Å²) in [7, 11) is 1.51. The zero-order valence-corrected chi connectivity index (χ0v) is 14.4. The topological polar surface area (TPSA) is 92.0 Å². The van der Waals surface area contributed by atoms with Crippen LogP contribution in [0.1, 0.15) is 19.4 Å². The lowest BCUT2D eigenvalue weighted by Crippen LogP contribution is -2.31. The lowest BCUT2D eigenvalue weighted by molar-refractivity contribution is -0.161. The molecule has 0 bridgehead atoms. The van der Waals surface area contributed by atoms with Crippen LogP contribution in [0.3, 0.4) is 0 Å². The molecular formula is C18H20O7. The van der Waals surface area contributed by atoms with Crippen LogP contribution in [0.5, 0.6) is 5.75 Å². The minimum Gasteiger partial charge on any atom is -0.497 e.